The van der Waals surface area contributed by atoms with E-state index in [2.05, 4.69) is 39.8 Å². The minimum Gasteiger partial charge on any atom is -0.454 e. The van der Waals surface area contributed by atoms with Crippen LogP contribution in [0.1, 0.15) is 64.2 Å². The van der Waals surface area contributed by atoms with Crippen LogP contribution in [0.2, 0.25) is 0 Å². The summed E-state index contributed by atoms with van der Waals surface area (Å²) in [5.74, 6) is -0.759. The van der Waals surface area contributed by atoms with E-state index in [-0.39, 0.29) is 17.8 Å². The minimum atomic E-state index is -0.529. The van der Waals surface area contributed by atoms with Crippen LogP contribution < -0.4 is 0 Å². The van der Waals surface area contributed by atoms with E-state index in [1.165, 1.54) is 36.5 Å². The maximum atomic E-state index is 12.4. The summed E-state index contributed by atoms with van der Waals surface area (Å²) in [6.07, 6.45) is 15.3. The van der Waals surface area contributed by atoms with Crippen LogP contribution in [0.25, 0.3) is 11.1 Å². The average Bonchev–Trinajstić information content (AvgIpc) is 2.87. The van der Waals surface area contributed by atoms with E-state index < -0.39 is 5.97 Å². The molecule has 0 spiro atoms. The van der Waals surface area contributed by atoms with Crippen molar-refractivity contribution in [2.75, 3.05) is 6.61 Å². The van der Waals surface area contributed by atoms with Gasteiger partial charge in [-0.2, -0.15) is 0 Å². The van der Waals surface area contributed by atoms with Gasteiger partial charge in [0.05, 0.1) is 0 Å². The van der Waals surface area contributed by atoms with Gasteiger partial charge in [0.15, 0.2) is 12.4 Å². The number of benzene rings is 2. The Balaban J connectivity index is 1.50. The lowest BCUT2D eigenvalue weighted by molar-refractivity contribution is -0.136. The number of carbonyl (C=O) groups is 2. The highest BCUT2D eigenvalue weighted by molar-refractivity contribution is 5.99. The fourth-order valence-electron chi connectivity index (χ4n) is 4.61. The van der Waals surface area contributed by atoms with E-state index in [1.807, 2.05) is 67.6 Å². The van der Waals surface area contributed by atoms with Crippen molar-refractivity contribution in [3.63, 3.8) is 0 Å². The number of Topliss-reactive ketones (excluding diaryl/α,β-unsaturated/α-hetero) is 1. The SMILES string of the molecule is CC(C=CC1=C(C)CCCC1(C)C)=CC=CC(C)=CC(=O)OCC(=O)c1ccc(-c2ccccc2)cc1. The Hall–Kier alpha value is -3.72. The van der Waals surface area contributed by atoms with Gasteiger partial charge in [0, 0.05) is 11.6 Å². The zero-order valence-electron chi connectivity index (χ0n) is 22.7. The number of allylic oxidation sites excluding steroid dienone is 9. The van der Waals surface area contributed by atoms with E-state index in [9.17, 15) is 9.59 Å². The molecule has 3 heteroatoms. The Labute approximate surface area is 221 Å². The quantitative estimate of drug-likeness (QED) is 0.152. The van der Waals surface area contributed by atoms with Crippen molar-refractivity contribution in [1.29, 1.82) is 0 Å². The fraction of sp³-hybridized carbons (Fsp3) is 0.294. The summed E-state index contributed by atoms with van der Waals surface area (Å²) in [7, 11) is 0. The number of ether oxygens (including phenoxy) is 1. The van der Waals surface area contributed by atoms with Crippen LogP contribution in [0, 0.1) is 5.41 Å². The Morgan fingerprint density at radius 2 is 1.59 bits per heavy atom. The smallest absolute Gasteiger partial charge is 0.331 e. The normalized spacial score (nSPS) is 16.5. The third-order valence-electron chi connectivity index (χ3n) is 6.78. The molecule has 0 aromatic heterocycles. The molecule has 0 N–H and O–H groups in total. The van der Waals surface area contributed by atoms with E-state index in [0.717, 1.165) is 22.3 Å². The van der Waals surface area contributed by atoms with Crippen LogP contribution in [0.5, 0.6) is 0 Å². The summed E-state index contributed by atoms with van der Waals surface area (Å²) in [6, 6.07) is 17.3. The van der Waals surface area contributed by atoms with Crippen LogP contribution in [0.15, 0.2) is 113 Å². The standard InChI is InChI=1S/C34H38O3/c1-25(16-21-31-27(3)13-10-22-34(31,4)5)11-9-12-26(2)23-33(36)37-24-32(35)30-19-17-29(18-20-30)28-14-7-6-8-15-28/h6-9,11-12,14-21,23H,10,13,22,24H2,1-5H3. The molecule has 3 nitrogen and oxygen atoms in total. The van der Waals surface area contributed by atoms with E-state index in [0.29, 0.717) is 5.56 Å². The molecule has 0 atom stereocenters. The Morgan fingerprint density at radius 1 is 0.919 bits per heavy atom. The summed E-state index contributed by atoms with van der Waals surface area (Å²) in [5.41, 5.74) is 7.67. The molecule has 3 rings (SSSR count). The Bertz CT molecular complexity index is 1250. The predicted octanol–water partition coefficient (Wildman–Crippen LogP) is 8.61. The molecule has 0 fully saturated rings. The topological polar surface area (TPSA) is 43.4 Å². The van der Waals surface area contributed by atoms with Crippen LogP contribution in [-0.2, 0) is 9.53 Å². The summed E-state index contributed by atoms with van der Waals surface area (Å²) >= 11 is 0. The fourth-order valence-corrected chi connectivity index (χ4v) is 4.61. The van der Waals surface area contributed by atoms with Crippen LogP contribution >= 0.6 is 0 Å². The average molecular weight is 495 g/mol. The highest BCUT2D eigenvalue weighted by atomic mass is 16.5. The van der Waals surface area contributed by atoms with Crippen molar-refractivity contribution in [1.82, 2.24) is 0 Å². The zero-order chi connectivity index (χ0) is 26.8. The third kappa shape index (κ3) is 8.42. The Morgan fingerprint density at radius 3 is 2.27 bits per heavy atom. The first-order valence-electron chi connectivity index (χ1n) is 12.9. The second kappa shape index (κ2) is 13.0. The van der Waals surface area contributed by atoms with E-state index in [4.69, 9.17) is 4.74 Å². The maximum absolute atomic E-state index is 12.4. The van der Waals surface area contributed by atoms with E-state index in [1.54, 1.807) is 12.1 Å². The maximum Gasteiger partial charge on any atom is 0.331 e. The molecule has 192 valence electrons. The molecule has 0 saturated carbocycles. The molecule has 1 aliphatic carbocycles. The Kier molecular flexibility index (Phi) is 9.79. The molecule has 0 unspecified atom stereocenters. The van der Waals surface area contributed by atoms with Crippen LogP contribution in [-0.4, -0.2) is 18.4 Å². The summed E-state index contributed by atoms with van der Waals surface area (Å²) in [4.78, 5) is 24.6. The highest BCUT2D eigenvalue weighted by Gasteiger charge is 2.26. The first kappa shape index (κ1) is 27.9. The molecular formula is C34H38O3. The zero-order valence-corrected chi connectivity index (χ0v) is 22.7. The molecule has 2 aromatic rings. The molecule has 37 heavy (non-hydrogen) atoms. The van der Waals surface area contributed by atoms with Crippen molar-refractivity contribution >= 4 is 11.8 Å². The molecule has 0 amide bonds. The highest BCUT2D eigenvalue weighted by Crippen LogP contribution is 2.40. The van der Waals surface area contributed by atoms with Crippen molar-refractivity contribution < 1.29 is 14.3 Å². The van der Waals surface area contributed by atoms with Gasteiger partial charge in [-0.25, -0.2) is 4.79 Å². The van der Waals surface area contributed by atoms with Crippen molar-refractivity contribution in [3.8, 4) is 11.1 Å². The number of hydrogen-bond acceptors (Lipinski definition) is 3. The monoisotopic (exact) mass is 494 g/mol. The van der Waals surface area contributed by atoms with Gasteiger partial charge in [-0.3, -0.25) is 4.79 Å². The number of carbonyl (C=O) groups excluding carboxylic acids is 2. The molecular weight excluding hydrogens is 456 g/mol. The van der Waals surface area contributed by atoms with Gasteiger partial charge in [-0.15, -0.1) is 0 Å². The molecule has 1 aliphatic rings. The molecule has 2 aromatic carbocycles. The largest absolute Gasteiger partial charge is 0.454 e. The molecule has 0 aliphatic heterocycles. The van der Waals surface area contributed by atoms with Gasteiger partial charge in [-0.05, 0) is 67.7 Å². The van der Waals surface area contributed by atoms with Gasteiger partial charge in [0.25, 0.3) is 0 Å². The van der Waals surface area contributed by atoms with Gasteiger partial charge in [0.1, 0.15) is 0 Å². The molecule has 0 radical (unpaired) electrons. The lowest BCUT2D eigenvalue weighted by Crippen LogP contribution is -2.19. The van der Waals surface area contributed by atoms with Crippen LogP contribution in [0.4, 0.5) is 0 Å². The van der Waals surface area contributed by atoms with Crippen LogP contribution in [0.3, 0.4) is 0 Å². The summed E-state index contributed by atoms with van der Waals surface area (Å²) in [6.45, 7) is 10.5. The van der Waals surface area contributed by atoms with Crippen molar-refractivity contribution in [2.24, 2.45) is 5.41 Å². The second-order valence-electron chi connectivity index (χ2n) is 10.4. The predicted molar refractivity (Wildman–Crippen MR) is 153 cm³/mol. The lowest BCUT2D eigenvalue weighted by atomic mass is 9.72. The number of hydrogen-bond donors (Lipinski definition) is 0. The van der Waals surface area contributed by atoms with Crippen molar-refractivity contribution in [3.05, 3.63) is 119 Å². The second-order valence-corrected chi connectivity index (χ2v) is 10.4. The van der Waals surface area contributed by atoms with Gasteiger partial charge >= 0.3 is 5.97 Å². The summed E-state index contributed by atoms with van der Waals surface area (Å²) < 4.78 is 5.18. The number of ketones is 1. The van der Waals surface area contributed by atoms with Gasteiger partial charge < -0.3 is 4.74 Å². The number of rotatable bonds is 9. The lowest BCUT2D eigenvalue weighted by Gasteiger charge is -2.32. The molecule has 0 bridgehead atoms. The van der Waals surface area contributed by atoms with Crippen molar-refractivity contribution in [2.45, 2.75) is 53.9 Å². The molecule has 0 saturated heterocycles. The third-order valence-corrected chi connectivity index (χ3v) is 6.78. The summed E-state index contributed by atoms with van der Waals surface area (Å²) in [5, 5.41) is 0. The number of esters is 1. The van der Waals surface area contributed by atoms with E-state index >= 15 is 0 Å². The van der Waals surface area contributed by atoms with Gasteiger partial charge in [0.2, 0.25) is 0 Å². The first-order valence-corrected chi connectivity index (χ1v) is 12.9. The first-order chi connectivity index (χ1) is 17.7. The molecule has 0 heterocycles. The minimum absolute atomic E-state index is 0.224. The van der Waals surface area contributed by atoms with Gasteiger partial charge in [-0.1, -0.05) is 110 Å².